The molecule has 1 aliphatic rings. The number of carbonyl (C=O) groups is 1. The average molecular weight is 368 g/mol. The fourth-order valence-corrected chi connectivity index (χ4v) is 3.18. The lowest BCUT2D eigenvalue weighted by Crippen LogP contribution is -2.28. The molecule has 2 aromatic carbocycles. The number of aryl methyl sites for hydroxylation is 2. The third kappa shape index (κ3) is 2.88. The molecule has 4 rings (SSSR count). The van der Waals surface area contributed by atoms with Crippen molar-refractivity contribution in [2.45, 2.75) is 12.5 Å². The molecule has 0 saturated heterocycles. The van der Waals surface area contributed by atoms with Gasteiger partial charge in [0.2, 0.25) is 6.10 Å². The molecule has 0 aliphatic carbocycles. The largest absolute Gasteiger partial charge is 0.382 e. The Morgan fingerprint density at radius 3 is 2.70 bits per heavy atom. The lowest BCUT2D eigenvalue weighted by molar-refractivity contribution is -0.125. The van der Waals surface area contributed by atoms with Gasteiger partial charge in [-0.1, -0.05) is 23.4 Å². The predicted molar refractivity (Wildman–Crippen MR) is 99.2 cm³/mol. The molecule has 8 heteroatoms. The Kier molecular flexibility index (Phi) is 4.02. The summed E-state index contributed by atoms with van der Waals surface area (Å²) in [4.78, 5) is 29.7. The Bertz CT molecular complexity index is 1150. The maximum atomic E-state index is 13.9. The van der Waals surface area contributed by atoms with Crippen LogP contribution in [-0.4, -0.2) is 26.9 Å². The number of benzene rings is 2. The van der Waals surface area contributed by atoms with Crippen LogP contribution in [0.5, 0.6) is 0 Å². The van der Waals surface area contributed by atoms with Gasteiger partial charge in [-0.3, -0.25) is 13.9 Å². The van der Waals surface area contributed by atoms with E-state index in [2.05, 4.69) is 10.5 Å². The van der Waals surface area contributed by atoms with Gasteiger partial charge in [0.05, 0.1) is 16.7 Å². The summed E-state index contributed by atoms with van der Waals surface area (Å²) >= 11 is 0. The first-order valence-corrected chi connectivity index (χ1v) is 8.39. The number of nitrogens with zero attached hydrogens (tertiary/aromatic N) is 3. The molecule has 1 N–H and O–H groups in total. The Morgan fingerprint density at radius 1 is 1.19 bits per heavy atom. The number of carbonyl (C=O) groups excluding carboxylic acids is 1. The molecule has 1 aromatic heterocycles. The van der Waals surface area contributed by atoms with E-state index in [0.717, 1.165) is 5.52 Å². The first-order chi connectivity index (χ1) is 13.0. The number of nitrogens with one attached hydrogen (secondary N) is 1. The molecule has 7 nitrogen and oxygen atoms in total. The van der Waals surface area contributed by atoms with Crippen molar-refractivity contribution in [1.82, 2.24) is 9.13 Å². The summed E-state index contributed by atoms with van der Waals surface area (Å²) in [6.07, 6.45) is -0.659. The lowest BCUT2D eigenvalue weighted by Gasteiger charge is -2.10. The molecule has 0 bridgehead atoms. The molecular formula is C19H17FN4O3. The van der Waals surface area contributed by atoms with Crippen LogP contribution in [0.15, 0.2) is 52.4 Å². The number of aromatic nitrogens is 2. The molecule has 27 heavy (non-hydrogen) atoms. The number of hydrogen-bond donors (Lipinski definition) is 1. The molecular weight excluding hydrogens is 351 g/mol. The Balaban J connectivity index is 1.51. The zero-order valence-corrected chi connectivity index (χ0v) is 14.8. The topological polar surface area (TPSA) is 77.6 Å². The molecule has 1 amide bonds. The van der Waals surface area contributed by atoms with Crippen molar-refractivity contribution in [3.05, 3.63) is 64.3 Å². The summed E-state index contributed by atoms with van der Waals surface area (Å²) in [6, 6.07) is 11.4. The van der Waals surface area contributed by atoms with Gasteiger partial charge in [-0.15, -0.1) is 0 Å². The number of rotatable bonds is 3. The summed E-state index contributed by atoms with van der Waals surface area (Å²) in [7, 11) is 3.36. The van der Waals surface area contributed by atoms with Crippen molar-refractivity contribution in [3.8, 4) is 0 Å². The van der Waals surface area contributed by atoms with Gasteiger partial charge in [-0.05, 0) is 24.3 Å². The van der Waals surface area contributed by atoms with E-state index in [9.17, 15) is 14.0 Å². The second kappa shape index (κ2) is 6.39. The number of oxime groups is 1. The zero-order chi connectivity index (χ0) is 19.1. The van der Waals surface area contributed by atoms with Crippen molar-refractivity contribution < 1.29 is 14.0 Å². The maximum absolute atomic E-state index is 13.9. The molecule has 2 heterocycles. The number of amides is 1. The Labute approximate surface area is 153 Å². The van der Waals surface area contributed by atoms with E-state index in [0.29, 0.717) is 22.5 Å². The molecule has 138 valence electrons. The van der Waals surface area contributed by atoms with Crippen molar-refractivity contribution >= 4 is 28.3 Å². The fourth-order valence-electron chi connectivity index (χ4n) is 3.18. The van der Waals surface area contributed by atoms with E-state index in [1.807, 2.05) is 0 Å². The smallest absolute Gasteiger partial charge is 0.328 e. The van der Waals surface area contributed by atoms with Crippen molar-refractivity contribution in [2.24, 2.45) is 19.3 Å². The summed E-state index contributed by atoms with van der Waals surface area (Å²) in [5.41, 5.74) is 2.59. The summed E-state index contributed by atoms with van der Waals surface area (Å²) in [6.45, 7) is 0. The molecule has 1 unspecified atom stereocenters. The Hall–Kier alpha value is -3.42. The van der Waals surface area contributed by atoms with Gasteiger partial charge in [0.1, 0.15) is 5.82 Å². The molecule has 0 saturated carbocycles. The van der Waals surface area contributed by atoms with Gasteiger partial charge in [0.15, 0.2) is 0 Å². The third-order valence-electron chi connectivity index (χ3n) is 4.69. The zero-order valence-electron chi connectivity index (χ0n) is 14.8. The van der Waals surface area contributed by atoms with Gasteiger partial charge in [0, 0.05) is 31.8 Å². The molecule has 0 spiro atoms. The van der Waals surface area contributed by atoms with Crippen LogP contribution in [-0.2, 0) is 23.7 Å². The first-order valence-electron chi connectivity index (χ1n) is 8.39. The van der Waals surface area contributed by atoms with Crippen LogP contribution in [0.3, 0.4) is 0 Å². The molecule has 1 aliphatic heterocycles. The van der Waals surface area contributed by atoms with Crippen LogP contribution < -0.4 is 11.0 Å². The van der Waals surface area contributed by atoms with E-state index in [4.69, 9.17) is 4.84 Å². The molecule has 0 fully saturated rings. The maximum Gasteiger partial charge on any atom is 0.328 e. The highest BCUT2D eigenvalue weighted by Gasteiger charge is 2.30. The minimum absolute atomic E-state index is 0.143. The average Bonchev–Trinajstić information content (AvgIpc) is 3.23. The van der Waals surface area contributed by atoms with Gasteiger partial charge in [-0.25, -0.2) is 9.18 Å². The van der Waals surface area contributed by atoms with Crippen LogP contribution in [0.25, 0.3) is 11.0 Å². The predicted octanol–water partition coefficient (Wildman–Crippen LogP) is 2.15. The van der Waals surface area contributed by atoms with Crippen LogP contribution in [0.2, 0.25) is 0 Å². The lowest BCUT2D eigenvalue weighted by atomic mass is 10.0. The van der Waals surface area contributed by atoms with Crippen LogP contribution >= 0.6 is 0 Å². The second-order valence-corrected chi connectivity index (χ2v) is 6.41. The summed E-state index contributed by atoms with van der Waals surface area (Å²) in [5.74, 6) is -0.790. The van der Waals surface area contributed by atoms with Gasteiger partial charge >= 0.3 is 5.69 Å². The highest BCUT2D eigenvalue weighted by atomic mass is 19.1. The number of fused-ring (bicyclic) bond motifs is 1. The highest BCUT2D eigenvalue weighted by molar-refractivity contribution is 6.06. The van der Waals surface area contributed by atoms with E-state index in [-0.39, 0.29) is 18.0 Å². The number of halogens is 1. The van der Waals surface area contributed by atoms with Crippen molar-refractivity contribution in [3.63, 3.8) is 0 Å². The van der Waals surface area contributed by atoms with Gasteiger partial charge < -0.3 is 10.2 Å². The number of anilines is 1. The van der Waals surface area contributed by atoms with E-state index >= 15 is 0 Å². The first kappa shape index (κ1) is 17.0. The molecule has 1 atom stereocenters. The van der Waals surface area contributed by atoms with Gasteiger partial charge in [-0.2, -0.15) is 0 Å². The molecule has 0 radical (unpaired) electrons. The van der Waals surface area contributed by atoms with E-state index in [1.165, 1.54) is 15.2 Å². The minimum Gasteiger partial charge on any atom is -0.382 e. The van der Waals surface area contributed by atoms with E-state index < -0.39 is 11.9 Å². The fraction of sp³-hybridized carbons (Fsp3) is 0.211. The number of hydrogen-bond acceptors (Lipinski definition) is 4. The standard InChI is InChI=1S/C19H17FN4O3/c1-23-15-8-7-11(9-16(15)24(2)19(23)26)21-18(25)17-10-14(22-27-17)12-5-3-4-6-13(12)20/h3-9,17H,10H2,1-2H3,(H,21,25). The van der Waals surface area contributed by atoms with Crippen LogP contribution in [0, 0.1) is 5.82 Å². The minimum atomic E-state index is -0.838. The molecule has 3 aromatic rings. The van der Waals surface area contributed by atoms with E-state index in [1.54, 1.807) is 50.5 Å². The monoisotopic (exact) mass is 368 g/mol. The quantitative estimate of drug-likeness (QED) is 0.770. The summed E-state index contributed by atoms with van der Waals surface area (Å²) < 4.78 is 16.9. The second-order valence-electron chi connectivity index (χ2n) is 6.41. The van der Waals surface area contributed by atoms with Crippen molar-refractivity contribution in [1.29, 1.82) is 0 Å². The Morgan fingerprint density at radius 2 is 1.93 bits per heavy atom. The highest BCUT2D eigenvalue weighted by Crippen LogP contribution is 2.22. The number of imidazole rings is 1. The van der Waals surface area contributed by atoms with Crippen LogP contribution in [0.1, 0.15) is 12.0 Å². The third-order valence-corrected chi connectivity index (χ3v) is 4.69. The van der Waals surface area contributed by atoms with Crippen molar-refractivity contribution in [2.75, 3.05) is 5.32 Å². The SMILES string of the molecule is Cn1c(=O)n(C)c2cc(NC(=O)C3CC(c4ccccc4F)=NO3)ccc21. The summed E-state index contributed by atoms with van der Waals surface area (Å²) in [5, 5.41) is 6.62. The normalized spacial score (nSPS) is 16.3. The van der Waals surface area contributed by atoms with Crippen LogP contribution in [0.4, 0.5) is 10.1 Å². The van der Waals surface area contributed by atoms with Gasteiger partial charge in [0.25, 0.3) is 5.91 Å².